The van der Waals surface area contributed by atoms with Crippen LogP contribution in [-0.4, -0.2) is 0 Å². The minimum absolute atomic E-state index is 0.528. The Hall–Kier alpha value is -1.56. The molecule has 0 heterocycles. The van der Waals surface area contributed by atoms with Crippen molar-refractivity contribution in [2.45, 2.75) is 12.8 Å². The first-order valence-electron chi connectivity index (χ1n) is 5.32. The highest BCUT2D eigenvalue weighted by Gasteiger charge is 1.98. The molecule has 0 aliphatic carbocycles. The summed E-state index contributed by atoms with van der Waals surface area (Å²) in [5.74, 6) is 0.528. The second kappa shape index (κ2) is 6.83. The van der Waals surface area contributed by atoms with E-state index >= 15 is 0 Å². The smallest absolute Gasteiger partial charge is 0.0161 e. The zero-order valence-electron chi connectivity index (χ0n) is 9.10. The largest absolute Gasteiger partial charge is 0.103 e. The minimum Gasteiger partial charge on any atom is -0.103 e. The van der Waals surface area contributed by atoms with Crippen molar-refractivity contribution < 1.29 is 0 Å². The molecule has 0 atom stereocenters. The molecule has 0 radical (unpaired) electrons. The van der Waals surface area contributed by atoms with E-state index in [4.69, 9.17) is 0 Å². The average Bonchev–Trinajstić information content (AvgIpc) is 2.28. The molecule has 0 aliphatic rings. The summed E-state index contributed by atoms with van der Waals surface area (Å²) in [6.07, 6.45) is 10.3. The van der Waals surface area contributed by atoms with Gasteiger partial charge in [0.05, 0.1) is 0 Å². The van der Waals surface area contributed by atoms with Gasteiger partial charge >= 0.3 is 0 Å². The molecule has 15 heavy (non-hydrogen) atoms. The summed E-state index contributed by atoms with van der Waals surface area (Å²) in [7, 11) is 0. The first kappa shape index (κ1) is 11.5. The summed E-state index contributed by atoms with van der Waals surface area (Å²) in [5, 5.41) is 0. The van der Waals surface area contributed by atoms with Gasteiger partial charge in [-0.3, -0.25) is 0 Å². The molecular formula is C15H18. The molecule has 0 nitrogen and oxygen atoms in total. The first-order chi connectivity index (χ1) is 7.36. The van der Waals surface area contributed by atoms with Crippen molar-refractivity contribution in [3.63, 3.8) is 0 Å². The zero-order valence-corrected chi connectivity index (χ0v) is 9.10. The molecule has 1 aromatic rings. The van der Waals surface area contributed by atoms with E-state index < -0.39 is 0 Å². The van der Waals surface area contributed by atoms with Crippen LogP contribution in [0.3, 0.4) is 0 Å². The van der Waals surface area contributed by atoms with Crippen LogP contribution < -0.4 is 0 Å². The fraction of sp³-hybridized carbons (Fsp3) is 0.200. The SMILES string of the molecule is C=CCC(C=Cc1ccccc1)CC=C. The summed E-state index contributed by atoms with van der Waals surface area (Å²) < 4.78 is 0. The van der Waals surface area contributed by atoms with Crippen molar-refractivity contribution in [3.05, 3.63) is 67.3 Å². The van der Waals surface area contributed by atoms with Crippen LogP contribution in [0.15, 0.2) is 61.7 Å². The highest BCUT2D eigenvalue weighted by molar-refractivity contribution is 5.49. The van der Waals surface area contributed by atoms with E-state index in [1.54, 1.807) is 0 Å². The Kier molecular flexibility index (Phi) is 5.24. The van der Waals surface area contributed by atoms with Crippen molar-refractivity contribution in [1.82, 2.24) is 0 Å². The van der Waals surface area contributed by atoms with Crippen molar-refractivity contribution in [3.8, 4) is 0 Å². The van der Waals surface area contributed by atoms with Gasteiger partial charge in [0, 0.05) is 0 Å². The number of benzene rings is 1. The maximum absolute atomic E-state index is 3.77. The van der Waals surface area contributed by atoms with Gasteiger partial charge < -0.3 is 0 Å². The molecule has 78 valence electrons. The summed E-state index contributed by atoms with van der Waals surface area (Å²) >= 11 is 0. The van der Waals surface area contributed by atoms with Gasteiger partial charge in [0.1, 0.15) is 0 Å². The summed E-state index contributed by atoms with van der Waals surface area (Å²) in [6, 6.07) is 10.3. The monoisotopic (exact) mass is 198 g/mol. The molecule has 0 heteroatoms. The lowest BCUT2D eigenvalue weighted by atomic mass is 10.00. The predicted octanol–water partition coefficient (Wildman–Crippen LogP) is 4.47. The van der Waals surface area contributed by atoms with Gasteiger partial charge in [-0.05, 0) is 24.3 Å². The number of hydrogen-bond acceptors (Lipinski definition) is 0. The topological polar surface area (TPSA) is 0 Å². The Bertz CT molecular complexity index is 309. The molecule has 1 aromatic carbocycles. The first-order valence-corrected chi connectivity index (χ1v) is 5.32. The summed E-state index contributed by atoms with van der Waals surface area (Å²) in [5.41, 5.74) is 1.25. The Labute approximate surface area is 92.6 Å². The molecule has 0 aliphatic heterocycles. The lowest BCUT2D eigenvalue weighted by Gasteiger charge is -2.06. The number of allylic oxidation sites excluding steroid dienone is 3. The van der Waals surface area contributed by atoms with Crippen LogP contribution in [0.5, 0.6) is 0 Å². The van der Waals surface area contributed by atoms with Crippen LogP contribution >= 0.6 is 0 Å². The summed E-state index contributed by atoms with van der Waals surface area (Å²) in [4.78, 5) is 0. The molecule has 0 saturated heterocycles. The molecule has 0 amide bonds. The second-order valence-corrected chi connectivity index (χ2v) is 3.58. The van der Waals surface area contributed by atoms with Crippen LogP contribution in [-0.2, 0) is 0 Å². The van der Waals surface area contributed by atoms with E-state index in [2.05, 4.69) is 49.6 Å². The normalized spacial score (nSPS) is 10.7. The number of rotatable bonds is 6. The van der Waals surface area contributed by atoms with Gasteiger partial charge in [0.25, 0.3) is 0 Å². The number of hydrogen-bond donors (Lipinski definition) is 0. The maximum Gasteiger partial charge on any atom is -0.0161 e. The third-order valence-electron chi connectivity index (χ3n) is 2.30. The van der Waals surface area contributed by atoms with E-state index in [0.29, 0.717) is 5.92 Å². The molecule has 0 fully saturated rings. The van der Waals surface area contributed by atoms with Crippen LogP contribution in [0.4, 0.5) is 0 Å². The molecule has 0 aromatic heterocycles. The van der Waals surface area contributed by atoms with E-state index in [-0.39, 0.29) is 0 Å². The van der Waals surface area contributed by atoms with E-state index in [1.165, 1.54) is 5.56 Å². The third-order valence-corrected chi connectivity index (χ3v) is 2.30. The van der Waals surface area contributed by atoms with Crippen molar-refractivity contribution in [2.24, 2.45) is 5.92 Å². The fourth-order valence-electron chi connectivity index (χ4n) is 1.49. The highest BCUT2D eigenvalue weighted by Crippen LogP contribution is 2.13. The Morgan fingerprint density at radius 3 is 2.13 bits per heavy atom. The standard InChI is InChI=1S/C15H18/c1-3-8-14(9-4-2)12-13-15-10-6-5-7-11-15/h3-7,10-14H,1-2,8-9H2. The van der Waals surface area contributed by atoms with Crippen molar-refractivity contribution >= 4 is 6.08 Å². The second-order valence-electron chi connectivity index (χ2n) is 3.58. The fourth-order valence-corrected chi connectivity index (χ4v) is 1.49. The average molecular weight is 198 g/mol. The minimum atomic E-state index is 0.528. The lowest BCUT2D eigenvalue weighted by Crippen LogP contribution is -1.91. The Balaban J connectivity index is 2.60. The quantitative estimate of drug-likeness (QED) is 0.592. The van der Waals surface area contributed by atoms with Crippen LogP contribution in [0.25, 0.3) is 6.08 Å². The maximum atomic E-state index is 3.77. The molecule has 0 bridgehead atoms. The van der Waals surface area contributed by atoms with Gasteiger partial charge in [-0.1, -0.05) is 54.6 Å². The Morgan fingerprint density at radius 2 is 1.60 bits per heavy atom. The highest BCUT2D eigenvalue weighted by atomic mass is 14.0. The van der Waals surface area contributed by atoms with Gasteiger partial charge in [0.15, 0.2) is 0 Å². The van der Waals surface area contributed by atoms with Gasteiger partial charge in [-0.15, -0.1) is 13.2 Å². The summed E-state index contributed by atoms with van der Waals surface area (Å²) in [6.45, 7) is 7.54. The molecule has 0 N–H and O–H groups in total. The molecule has 0 spiro atoms. The zero-order chi connectivity index (χ0) is 10.9. The van der Waals surface area contributed by atoms with Gasteiger partial charge in [-0.2, -0.15) is 0 Å². The molecule has 0 saturated carbocycles. The lowest BCUT2D eigenvalue weighted by molar-refractivity contribution is 0.680. The van der Waals surface area contributed by atoms with Crippen molar-refractivity contribution in [1.29, 1.82) is 0 Å². The Morgan fingerprint density at radius 1 is 1.00 bits per heavy atom. The van der Waals surface area contributed by atoms with Crippen molar-refractivity contribution in [2.75, 3.05) is 0 Å². The molecule has 0 unspecified atom stereocenters. The van der Waals surface area contributed by atoms with Crippen LogP contribution in [0.2, 0.25) is 0 Å². The predicted molar refractivity (Wildman–Crippen MR) is 68.6 cm³/mol. The molecule has 1 rings (SSSR count). The van der Waals surface area contributed by atoms with Crippen LogP contribution in [0, 0.1) is 5.92 Å². The van der Waals surface area contributed by atoms with Gasteiger partial charge in [-0.25, -0.2) is 0 Å². The van der Waals surface area contributed by atoms with Gasteiger partial charge in [0.2, 0.25) is 0 Å². The van der Waals surface area contributed by atoms with Crippen LogP contribution in [0.1, 0.15) is 18.4 Å². The van der Waals surface area contributed by atoms with E-state index in [1.807, 2.05) is 18.2 Å². The van der Waals surface area contributed by atoms with E-state index in [0.717, 1.165) is 12.8 Å². The van der Waals surface area contributed by atoms with E-state index in [9.17, 15) is 0 Å². The third kappa shape index (κ3) is 4.46. The molecular weight excluding hydrogens is 180 g/mol.